The normalized spacial score (nSPS) is 15.6. The number of rotatable bonds is 4. The number of aromatic nitrogens is 2. The topological polar surface area (TPSA) is 65.5 Å². The van der Waals surface area contributed by atoms with Gasteiger partial charge in [-0.15, -0.1) is 11.3 Å². The lowest BCUT2D eigenvalue weighted by molar-refractivity contribution is 0.123. The second-order valence-electron chi connectivity index (χ2n) is 5.25. The Labute approximate surface area is 137 Å². The number of morpholine rings is 1. The quantitative estimate of drug-likeness (QED) is 0.571. The van der Waals surface area contributed by atoms with Crippen LogP contribution >= 0.6 is 11.3 Å². The SMILES string of the molecule is C(=NNc1nc2ccccc2[nH]1)c1ccc(N2CCOCC2)s1. The Morgan fingerprint density at radius 3 is 2.96 bits per heavy atom. The van der Waals surface area contributed by atoms with E-state index in [4.69, 9.17) is 4.74 Å². The maximum atomic E-state index is 5.38. The molecule has 118 valence electrons. The zero-order valence-corrected chi connectivity index (χ0v) is 13.3. The predicted molar refractivity (Wildman–Crippen MR) is 94.7 cm³/mol. The van der Waals surface area contributed by atoms with Crippen molar-refractivity contribution >= 4 is 39.5 Å². The van der Waals surface area contributed by atoms with Crippen molar-refractivity contribution in [3.8, 4) is 0 Å². The Morgan fingerprint density at radius 2 is 2.09 bits per heavy atom. The van der Waals surface area contributed by atoms with E-state index in [2.05, 4.69) is 37.5 Å². The van der Waals surface area contributed by atoms with Gasteiger partial charge in [-0.3, -0.25) is 0 Å². The average Bonchev–Trinajstić information content (AvgIpc) is 3.22. The van der Waals surface area contributed by atoms with Gasteiger partial charge in [0.05, 0.1) is 35.5 Å². The summed E-state index contributed by atoms with van der Waals surface area (Å²) in [5.74, 6) is 0.646. The summed E-state index contributed by atoms with van der Waals surface area (Å²) in [6.45, 7) is 3.51. The van der Waals surface area contributed by atoms with Gasteiger partial charge in [-0.05, 0) is 24.3 Å². The molecule has 1 fully saturated rings. The van der Waals surface area contributed by atoms with Gasteiger partial charge in [0.15, 0.2) is 0 Å². The molecule has 23 heavy (non-hydrogen) atoms. The number of nitrogens with one attached hydrogen (secondary N) is 2. The third-order valence-electron chi connectivity index (χ3n) is 3.69. The number of ether oxygens (including phenoxy) is 1. The van der Waals surface area contributed by atoms with Crippen LogP contribution in [0.3, 0.4) is 0 Å². The molecule has 0 spiro atoms. The van der Waals surface area contributed by atoms with Crippen molar-refractivity contribution in [1.29, 1.82) is 0 Å². The van der Waals surface area contributed by atoms with Gasteiger partial charge in [0.25, 0.3) is 0 Å². The maximum Gasteiger partial charge on any atom is 0.222 e. The monoisotopic (exact) mass is 327 g/mol. The number of nitrogens with zero attached hydrogens (tertiary/aromatic N) is 3. The molecule has 0 aliphatic carbocycles. The number of thiophene rings is 1. The van der Waals surface area contributed by atoms with Gasteiger partial charge >= 0.3 is 0 Å². The number of H-pyrrole nitrogens is 1. The van der Waals surface area contributed by atoms with Crippen LogP contribution in [0.2, 0.25) is 0 Å². The minimum atomic E-state index is 0.646. The first-order valence-electron chi connectivity index (χ1n) is 7.55. The van der Waals surface area contributed by atoms with Crippen LogP contribution in [-0.2, 0) is 4.74 Å². The summed E-state index contributed by atoms with van der Waals surface area (Å²) >= 11 is 1.73. The third-order valence-corrected chi connectivity index (χ3v) is 4.77. The number of imidazole rings is 1. The molecule has 1 aromatic carbocycles. The molecular weight excluding hydrogens is 310 g/mol. The molecule has 0 bridgehead atoms. The molecule has 0 radical (unpaired) electrons. The summed E-state index contributed by atoms with van der Waals surface area (Å²) in [6.07, 6.45) is 1.82. The number of anilines is 2. The van der Waals surface area contributed by atoms with Crippen LogP contribution in [0.25, 0.3) is 11.0 Å². The Balaban J connectivity index is 1.41. The molecule has 3 heterocycles. The fourth-order valence-electron chi connectivity index (χ4n) is 2.53. The van der Waals surface area contributed by atoms with Crippen LogP contribution in [0.1, 0.15) is 4.88 Å². The molecule has 3 aromatic rings. The second kappa shape index (κ2) is 6.39. The molecule has 7 heteroatoms. The minimum Gasteiger partial charge on any atom is -0.378 e. The molecule has 0 amide bonds. The van der Waals surface area contributed by atoms with Gasteiger partial charge in [0.2, 0.25) is 5.95 Å². The Morgan fingerprint density at radius 1 is 1.22 bits per heavy atom. The zero-order chi connectivity index (χ0) is 15.5. The number of aromatic amines is 1. The molecule has 0 unspecified atom stereocenters. The second-order valence-corrected chi connectivity index (χ2v) is 6.34. The van der Waals surface area contributed by atoms with Gasteiger partial charge in [-0.25, -0.2) is 10.4 Å². The highest BCUT2D eigenvalue weighted by molar-refractivity contribution is 7.17. The van der Waals surface area contributed by atoms with Gasteiger partial charge in [0.1, 0.15) is 0 Å². The lowest BCUT2D eigenvalue weighted by Crippen LogP contribution is -2.35. The van der Waals surface area contributed by atoms with E-state index in [1.165, 1.54) is 5.00 Å². The molecule has 2 aromatic heterocycles. The number of hydrogen-bond donors (Lipinski definition) is 2. The molecule has 2 N–H and O–H groups in total. The maximum absolute atomic E-state index is 5.38. The van der Waals surface area contributed by atoms with Crippen LogP contribution in [0.4, 0.5) is 10.9 Å². The number of fused-ring (bicyclic) bond motifs is 1. The summed E-state index contributed by atoms with van der Waals surface area (Å²) in [7, 11) is 0. The number of hydrazone groups is 1. The van der Waals surface area contributed by atoms with E-state index in [1.807, 2.05) is 30.5 Å². The largest absolute Gasteiger partial charge is 0.378 e. The van der Waals surface area contributed by atoms with E-state index < -0.39 is 0 Å². The molecule has 0 saturated carbocycles. The standard InChI is InChI=1S/C16H17N5OS/c1-2-4-14-13(3-1)18-16(19-14)20-17-11-12-5-6-15(23-12)21-7-9-22-10-8-21/h1-6,11H,7-10H2,(H2,18,19,20). The first-order chi connectivity index (χ1) is 11.4. The molecule has 1 aliphatic rings. The Bertz CT molecular complexity index is 786. The smallest absolute Gasteiger partial charge is 0.222 e. The Kier molecular flexibility index (Phi) is 3.95. The molecule has 1 aliphatic heterocycles. The predicted octanol–water partition coefficient (Wildman–Crippen LogP) is 2.91. The summed E-state index contributed by atoms with van der Waals surface area (Å²) in [5.41, 5.74) is 4.87. The van der Waals surface area contributed by atoms with Crippen molar-refractivity contribution in [2.75, 3.05) is 36.6 Å². The highest BCUT2D eigenvalue weighted by atomic mass is 32.1. The summed E-state index contributed by atoms with van der Waals surface area (Å²) in [4.78, 5) is 11.1. The summed E-state index contributed by atoms with van der Waals surface area (Å²) < 4.78 is 5.38. The number of para-hydroxylation sites is 2. The highest BCUT2D eigenvalue weighted by Gasteiger charge is 2.12. The lowest BCUT2D eigenvalue weighted by atomic mass is 10.3. The van der Waals surface area contributed by atoms with Crippen molar-refractivity contribution in [2.45, 2.75) is 0 Å². The zero-order valence-electron chi connectivity index (χ0n) is 12.5. The summed E-state index contributed by atoms with van der Waals surface area (Å²) in [6, 6.07) is 12.1. The van der Waals surface area contributed by atoms with Gasteiger partial charge < -0.3 is 14.6 Å². The molecule has 6 nitrogen and oxygen atoms in total. The lowest BCUT2D eigenvalue weighted by Gasteiger charge is -2.27. The molecular formula is C16H17N5OS. The van der Waals surface area contributed by atoms with Crippen molar-refractivity contribution in [1.82, 2.24) is 9.97 Å². The third kappa shape index (κ3) is 3.20. The minimum absolute atomic E-state index is 0.646. The van der Waals surface area contributed by atoms with Crippen LogP contribution < -0.4 is 10.3 Å². The first kappa shape index (κ1) is 14.2. The van der Waals surface area contributed by atoms with Crippen LogP contribution in [-0.4, -0.2) is 42.5 Å². The van der Waals surface area contributed by atoms with E-state index in [9.17, 15) is 0 Å². The Hall–Kier alpha value is -2.38. The first-order valence-corrected chi connectivity index (χ1v) is 8.36. The fraction of sp³-hybridized carbons (Fsp3) is 0.250. The van der Waals surface area contributed by atoms with E-state index in [0.29, 0.717) is 5.95 Å². The number of hydrogen-bond acceptors (Lipinski definition) is 6. The van der Waals surface area contributed by atoms with Crippen molar-refractivity contribution in [3.63, 3.8) is 0 Å². The van der Waals surface area contributed by atoms with E-state index in [1.54, 1.807) is 11.3 Å². The van der Waals surface area contributed by atoms with Crippen LogP contribution in [0.15, 0.2) is 41.5 Å². The van der Waals surface area contributed by atoms with Crippen LogP contribution in [0.5, 0.6) is 0 Å². The highest BCUT2D eigenvalue weighted by Crippen LogP contribution is 2.25. The van der Waals surface area contributed by atoms with Gasteiger partial charge in [0, 0.05) is 18.0 Å². The van der Waals surface area contributed by atoms with E-state index in [0.717, 1.165) is 42.2 Å². The van der Waals surface area contributed by atoms with Crippen LogP contribution in [0, 0.1) is 0 Å². The van der Waals surface area contributed by atoms with Crippen molar-refractivity contribution in [3.05, 3.63) is 41.3 Å². The molecule has 4 rings (SSSR count). The average molecular weight is 327 g/mol. The van der Waals surface area contributed by atoms with E-state index in [-0.39, 0.29) is 0 Å². The van der Waals surface area contributed by atoms with Gasteiger partial charge in [-0.1, -0.05) is 12.1 Å². The van der Waals surface area contributed by atoms with E-state index >= 15 is 0 Å². The summed E-state index contributed by atoms with van der Waals surface area (Å²) in [5, 5.41) is 5.53. The fourth-order valence-corrected chi connectivity index (χ4v) is 3.46. The van der Waals surface area contributed by atoms with Crippen molar-refractivity contribution in [2.24, 2.45) is 5.10 Å². The van der Waals surface area contributed by atoms with Gasteiger partial charge in [-0.2, -0.15) is 5.10 Å². The molecule has 0 atom stereocenters. The number of benzene rings is 1. The molecule has 1 saturated heterocycles. The van der Waals surface area contributed by atoms with Crippen molar-refractivity contribution < 1.29 is 4.74 Å².